The molecule has 0 heterocycles. The third-order valence-electron chi connectivity index (χ3n) is 6.87. The molecule has 0 saturated heterocycles. The number of hydrogen-bond donors (Lipinski definition) is 4. The number of nitrogens with one attached hydrogen (secondary N) is 2. The van der Waals surface area contributed by atoms with Crippen molar-refractivity contribution in [2.45, 2.75) is 23.6 Å². The molecule has 4 N–H and O–H groups in total. The summed E-state index contributed by atoms with van der Waals surface area (Å²) in [5.41, 5.74) is 6.55. The normalized spacial score (nSPS) is 13.0. The quantitative estimate of drug-likeness (QED) is 0.101. The number of fused-ring (bicyclic) bond motifs is 1. The molecule has 0 atom stereocenters. The monoisotopic (exact) mass is 694 g/mol. The predicted octanol–water partition coefficient (Wildman–Crippen LogP) is 4.47. The van der Waals surface area contributed by atoms with Gasteiger partial charge in [-0.1, -0.05) is 29.8 Å². The number of anilines is 2. The molecule has 5 rings (SSSR count). The first-order chi connectivity index (χ1) is 22.1. The Morgan fingerprint density at radius 1 is 0.723 bits per heavy atom. The molecule has 240 valence electrons. The van der Waals surface area contributed by atoms with Crippen LogP contribution in [0.25, 0.3) is 10.8 Å². The Bertz CT molecular complexity index is 2570. The van der Waals surface area contributed by atoms with E-state index >= 15 is 0 Å². The van der Waals surface area contributed by atoms with Gasteiger partial charge in [-0.05, 0) is 91.0 Å². The van der Waals surface area contributed by atoms with Crippen LogP contribution in [0, 0.1) is 13.8 Å². The number of aryl methyl sites for hydroxylation is 1. The van der Waals surface area contributed by atoms with Crippen LogP contribution in [0.1, 0.15) is 11.1 Å². The van der Waals surface area contributed by atoms with E-state index < -0.39 is 41.3 Å². The van der Waals surface area contributed by atoms with E-state index in [-0.39, 0.29) is 21.0 Å². The van der Waals surface area contributed by atoms with Gasteiger partial charge in [-0.3, -0.25) is 29.5 Å². The molecule has 17 heteroatoms. The fourth-order valence-corrected chi connectivity index (χ4v) is 5.66. The molecule has 0 spiro atoms. The zero-order valence-corrected chi connectivity index (χ0v) is 26.7. The summed E-state index contributed by atoms with van der Waals surface area (Å²) < 4.78 is 64.8. The van der Waals surface area contributed by atoms with Crippen LogP contribution in [0.15, 0.2) is 119 Å². The number of benzene rings is 5. The number of hydrogen-bond acceptors (Lipinski definition) is 12. The highest BCUT2D eigenvalue weighted by atomic mass is 35.5. The Morgan fingerprint density at radius 2 is 1.45 bits per heavy atom. The van der Waals surface area contributed by atoms with Crippen molar-refractivity contribution in [1.29, 1.82) is 0 Å². The van der Waals surface area contributed by atoms with E-state index in [2.05, 4.69) is 31.3 Å². The second-order valence-corrected chi connectivity index (χ2v) is 13.3. The van der Waals surface area contributed by atoms with Crippen molar-refractivity contribution in [3.8, 4) is 0 Å². The maximum Gasteiger partial charge on any atom is 0.294 e. The molecule has 0 aromatic heterocycles. The van der Waals surface area contributed by atoms with Crippen LogP contribution in [-0.4, -0.2) is 25.9 Å². The summed E-state index contributed by atoms with van der Waals surface area (Å²) in [4.78, 5) is 24.9. The lowest BCUT2D eigenvalue weighted by molar-refractivity contribution is 0.481. The zero-order valence-electron chi connectivity index (χ0n) is 24.3. The largest absolute Gasteiger partial charge is 0.294 e. The van der Waals surface area contributed by atoms with Crippen LogP contribution in [0.2, 0.25) is 5.02 Å². The van der Waals surface area contributed by atoms with E-state index in [9.17, 15) is 35.5 Å². The van der Waals surface area contributed by atoms with E-state index in [1.165, 1.54) is 24.3 Å². The average molecular weight is 695 g/mol. The highest BCUT2D eigenvalue weighted by Gasteiger charge is 2.15. The third-order valence-corrected chi connectivity index (χ3v) is 8.94. The fraction of sp³-hybridized carbons (Fsp3) is 0.0667. The molecule has 0 amide bonds. The second-order valence-electron chi connectivity index (χ2n) is 10.1. The number of nitrogens with zero attached hydrogens (tertiary/aromatic N) is 4. The molecule has 0 aliphatic carbocycles. The van der Waals surface area contributed by atoms with Gasteiger partial charge in [0.25, 0.3) is 20.2 Å². The van der Waals surface area contributed by atoms with Crippen molar-refractivity contribution in [3.05, 3.63) is 126 Å². The summed E-state index contributed by atoms with van der Waals surface area (Å²) in [5.74, 6) is 0. The molecular weight excluding hydrogens is 672 g/mol. The summed E-state index contributed by atoms with van der Waals surface area (Å²) >= 11 is 6.09. The standard InChI is InChI=1S/C30H23ClN6O8S2/c1-16-12-19(6-9-24(16)33-36-27-15-21(47(43,44)45)14-23(31)17(27)2)32-35-26-10-11-28(38)29(30(26)39)37-34-25-5-3-4-18-13-20(46(40,41)42)7-8-22(18)25/h3-15,32,34H,1-2H3,(H,40,41,42)(H,43,44,45)/b35-26?,36-33?,37-29-. The average Bonchev–Trinajstić information content (AvgIpc) is 3.00. The van der Waals surface area contributed by atoms with Gasteiger partial charge in [0.15, 0.2) is 5.36 Å². The van der Waals surface area contributed by atoms with Gasteiger partial charge in [-0.15, -0.1) is 0 Å². The SMILES string of the molecule is Cc1cc(NN=c2ccc(=O)/c(=N/Nc3cccc4cc(S(=O)(=O)O)ccc34)c2=O)ccc1N=Nc1cc(S(=O)(=O)O)cc(Cl)c1C. The minimum Gasteiger partial charge on any atom is -0.287 e. The van der Waals surface area contributed by atoms with Crippen LogP contribution in [0.5, 0.6) is 0 Å². The molecule has 0 aliphatic heterocycles. The molecule has 0 aliphatic rings. The van der Waals surface area contributed by atoms with Crippen molar-refractivity contribution in [2.75, 3.05) is 10.9 Å². The van der Waals surface area contributed by atoms with Crippen molar-refractivity contribution in [1.82, 2.24) is 0 Å². The lowest BCUT2D eigenvalue weighted by atomic mass is 10.1. The van der Waals surface area contributed by atoms with Crippen LogP contribution in [0.4, 0.5) is 22.7 Å². The Labute approximate surface area is 271 Å². The molecule has 0 fully saturated rings. The molecule has 14 nitrogen and oxygen atoms in total. The van der Waals surface area contributed by atoms with Crippen molar-refractivity contribution in [2.24, 2.45) is 20.4 Å². The van der Waals surface area contributed by atoms with E-state index in [4.69, 9.17) is 11.6 Å². The van der Waals surface area contributed by atoms with Crippen LogP contribution < -0.4 is 32.4 Å². The molecule has 47 heavy (non-hydrogen) atoms. The van der Waals surface area contributed by atoms with Gasteiger partial charge in [-0.2, -0.15) is 37.3 Å². The summed E-state index contributed by atoms with van der Waals surface area (Å²) in [5, 5.41) is 16.9. The van der Waals surface area contributed by atoms with Gasteiger partial charge in [-0.25, -0.2) is 0 Å². The Hall–Kier alpha value is -5.13. The van der Waals surface area contributed by atoms with Crippen LogP contribution in [0.3, 0.4) is 0 Å². The van der Waals surface area contributed by atoms with E-state index in [0.717, 1.165) is 18.2 Å². The van der Waals surface area contributed by atoms with E-state index in [1.54, 1.807) is 50.2 Å². The minimum absolute atomic E-state index is 0.0897. The summed E-state index contributed by atoms with van der Waals surface area (Å²) in [6.45, 7) is 3.36. The first kappa shape index (κ1) is 33.2. The number of halogens is 1. The summed E-state index contributed by atoms with van der Waals surface area (Å²) in [6.07, 6.45) is 0. The lowest BCUT2D eigenvalue weighted by Crippen LogP contribution is -2.47. The summed E-state index contributed by atoms with van der Waals surface area (Å²) in [6, 6.07) is 18.3. The molecule has 0 unspecified atom stereocenters. The molecule has 0 radical (unpaired) electrons. The van der Waals surface area contributed by atoms with Gasteiger partial charge in [0.1, 0.15) is 5.36 Å². The first-order valence-electron chi connectivity index (χ1n) is 13.4. The molecule has 5 aromatic rings. The van der Waals surface area contributed by atoms with Gasteiger partial charge in [0.2, 0.25) is 10.9 Å². The molecule has 0 saturated carbocycles. The minimum atomic E-state index is -4.51. The highest BCUT2D eigenvalue weighted by Crippen LogP contribution is 2.32. The number of rotatable bonds is 8. The van der Waals surface area contributed by atoms with Gasteiger partial charge >= 0.3 is 0 Å². The highest BCUT2D eigenvalue weighted by molar-refractivity contribution is 7.86. The van der Waals surface area contributed by atoms with Crippen molar-refractivity contribution >= 4 is 65.4 Å². The molecule has 0 bridgehead atoms. The predicted molar refractivity (Wildman–Crippen MR) is 175 cm³/mol. The van der Waals surface area contributed by atoms with Crippen molar-refractivity contribution < 1.29 is 25.9 Å². The third kappa shape index (κ3) is 7.48. The maximum atomic E-state index is 13.1. The van der Waals surface area contributed by atoms with E-state index in [1.807, 2.05) is 0 Å². The summed E-state index contributed by atoms with van der Waals surface area (Å²) in [7, 11) is -8.92. The van der Waals surface area contributed by atoms with Crippen LogP contribution in [-0.2, 0) is 20.2 Å². The van der Waals surface area contributed by atoms with Crippen LogP contribution >= 0.6 is 11.6 Å². The topological polar surface area (TPSA) is 216 Å². The smallest absolute Gasteiger partial charge is 0.287 e. The van der Waals surface area contributed by atoms with Gasteiger partial charge in [0.05, 0.1) is 32.5 Å². The molecular formula is C30H23ClN6O8S2. The van der Waals surface area contributed by atoms with Crippen molar-refractivity contribution in [3.63, 3.8) is 0 Å². The second kappa shape index (κ2) is 12.9. The Balaban J connectivity index is 1.39. The Kier molecular flexibility index (Phi) is 9.15. The lowest BCUT2D eigenvalue weighted by Gasteiger charge is -2.07. The van der Waals surface area contributed by atoms with E-state index in [0.29, 0.717) is 39.0 Å². The van der Waals surface area contributed by atoms with Gasteiger partial charge < -0.3 is 0 Å². The number of azo groups is 1. The van der Waals surface area contributed by atoms with Gasteiger partial charge in [0, 0.05) is 10.4 Å². The maximum absolute atomic E-state index is 13.1. The Morgan fingerprint density at radius 3 is 2.15 bits per heavy atom. The first-order valence-corrected chi connectivity index (χ1v) is 16.6. The fourth-order valence-electron chi connectivity index (χ4n) is 4.33. The molecule has 5 aromatic carbocycles. The zero-order chi connectivity index (χ0) is 34.1.